The van der Waals surface area contributed by atoms with Gasteiger partial charge in [-0.2, -0.15) is 0 Å². The lowest BCUT2D eigenvalue weighted by Crippen LogP contribution is -2.43. The largest absolute Gasteiger partial charge is 0.395 e. The van der Waals surface area contributed by atoms with Crippen LogP contribution in [0.2, 0.25) is 0 Å². The summed E-state index contributed by atoms with van der Waals surface area (Å²) >= 11 is 0. The number of benzene rings is 1. The van der Waals surface area contributed by atoms with Gasteiger partial charge in [0.15, 0.2) is 0 Å². The van der Waals surface area contributed by atoms with E-state index in [2.05, 4.69) is 5.32 Å². The standard InChI is InChI=1S/C17H26N2O2/c1-12-9-13(2)16(14(3)10-12)17(21)19(7-8-20)11-15-5-4-6-18-15/h9-10,15,18,20H,4-8,11H2,1-3H3. The zero-order valence-corrected chi connectivity index (χ0v) is 13.3. The number of carbonyl (C=O) groups is 1. The van der Waals surface area contributed by atoms with E-state index in [1.165, 1.54) is 5.56 Å². The fourth-order valence-corrected chi connectivity index (χ4v) is 3.25. The Labute approximate surface area is 127 Å². The predicted molar refractivity (Wildman–Crippen MR) is 84.7 cm³/mol. The lowest BCUT2D eigenvalue weighted by molar-refractivity contribution is 0.0705. The maximum absolute atomic E-state index is 12.9. The van der Waals surface area contributed by atoms with E-state index in [0.29, 0.717) is 19.1 Å². The van der Waals surface area contributed by atoms with Gasteiger partial charge in [0, 0.05) is 24.7 Å². The molecule has 1 unspecified atom stereocenters. The quantitative estimate of drug-likeness (QED) is 0.869. The van der Waals surface area contributed by atoms with Crippen molar-refractivity contribution in [3.8, 4) is 0 Å². The number of aliphatic hydroxyl groups is 1. The van der Waals surface area contributed by atoms with Crippen molar-refractivity contribution in [2.45, 2.75) is 39.7 Å². The second-order valence-corrected chi connectivity index (χ2v) is 6.04. The molecule has 0 bridgehead atoms. The van der Waals surface area contributed by atoms with Gasteiger partial charge in [-0.15, -0.1) is 0 Å². The van der Waals surface area contributed by atoms with Gasteiger partial charge in [0.2, 0.25) is 0 Å². The van der Waals surface area contributed by atoms with Gasteiger partial charge in [-0.3, -0.25) is 4.79 Å². The van der Waals surface area contributed by atoms with E-state index in [1.807, 2.05) is 32.9 Å². The summed E-state index contributed by atoms with van der Waals surface area (Å²) in [6.45, 7) is 8.10. The smallest absolute Gasteiger partial charge is 0.254 e. The van der Waals surface area contributed by atoms with Gasteiger partial charge in [0.05, 0.1) is 6.61 Å². The molecule has 1 fully saturated rings. The fourth-order valence-electron chi connectivity index (χ4n) is 3.25. The fraction of sp³-hybridized carbons (Fsp3) is 0.588. The molecule has 0 aliphatic carbocycles. The number of nitrogens with zero attached hydrogens (tertiary/aromatic N) is 1. The highest BCUT2D eigenvalue weighted by Crippen LogP contribution is 2.19. The maximum Gasteiger partial charge on any atom is 0.254 e. The van der Waals surface area contributed by atoms with E-state index in [1.54, 1.807) is 4.90 Å². The van der Waals surface area contributed by atoms with Crippen molar-refractivity contribution in [3.05, 3.63) is 34.4 Å². The van der Waals surface area contributed by atoms with Crippen LogP contribution in [0.15, 0.2) is 12.1 Å². The van der Waals surface area contributed by atoms with E-state index in [-0.39, 0.29) is 12.5 Å². The van der Waals surface area contributed by atoms with Crippen LogP contribution in [0.1, 0.15) is 39.9 Å². The van der Waals surface area contributed by atoms with Crippen LogP contribution < -0.4 is 5.32 Å². The molecule has 0 radical (unpaired) electrons. The second-order valence-electron chi connectivity index (χ2n) is 6.04. The number of rotatable bonds is 5. The minimum atomic E-state index is 0.00240. The second kappa shape index (κ2) is 7.05. The molecule has 2 rings (SSSR count). The Bertz CT molecular complexity index is 485. The molecule has 1 saturated heterocycles. The molecule has 1 amide bonds. The first-order valence-corrected chi connectivity index (χ1v) is 7.74. The van der Waals surface area contributed by atoms with Crippen molar-refractivity contribution in [1.29, 1.82) is 0 Å². The lowest BCUT2D eigenvalue weighted by atomic mass is 9.98. The van der Waals surface area contributed by atoms with Crippen LogP contribution in [0.5, 0.6) is 0 Å². The summed E-state index contributed by atoms with van der Waals surface area (Å²) in [6, 6.07) is 4.45. The molecule has 0 spiro atoms. The van der Waals surface area contributed by atoms with E-state index in [9.17, 15) is 9.90 Å². The first kappa shape index (κ1) is 16.0. The van der Waals surface area contributed by atoms with Crippen molar-refractivity contribution >= 4 is 5.91 Å². The Morgan fingerprint density at radius 3 is 2.52 bits per heavy atom. The Morgan fingerprint density at radius 1 is 1.33 bits per heavy atom. The Balaban J connectivity index is 2.21. The summed E-state index contributed by atoms with van der Waals surface area (Å²) in [4.78, 5) is 14.6. The Kier molecular flexibility index (Phi) is 5.37. The summed E-state index contributed by atoms with van der Waals surface area (Å²) in [6.07, 6.45) is 2.26. The molecular weight excluding hydrogens is 264 g/mol. The minimum Gasteiger partial charge on any atom is -0.395 e. The molecule has 1 aromatic rings. The number of aryl methyl sites for hydroxylation is 3. The molecule has 21 heavy (non-hydrogen) atoms. The summed E-state index contributed by atoms with van der Waals surface area (Å²) in [7, 11) is 0. The third-order valence-electron chi connectivity index (χ3n) is 4.15. The van der Waals surface area contributed by atoms with E-state index in [4.69, 9.17) is 0 Å². The zero-order valence-electron chi connectivity index (χ0n) is 13.3. The summed E-state index contributed by atoms with van der Waals surface area (Å²) in [5.41, 5.74) is 3.99. The van der Waals surface area contributed by atoms with Gasteiger partial charge >= 0.3 is 0 Å². The molecule has 1 heterocycles. The monoisotopic (exact) mass is 290 g/mol. The van der Waals surface area contributed by atoms with Crippen molar-refractivity contribution in [3.63, 3.8) is 0 Å². The van der Waals surface area contributed by atoms with Gasteiger partial charge in [-0.1, -0.05) is 17.7 Å². The van der Waals surface area contributed by atoms with Gasteiger partial charge in [0.1, 0.15) is 0 Å². The van der Waals surface area contributed by atoms with Gasteiger partial charge in [-0.05, 0) is 51.3 Å². The number of aliphatic hydroxyl groups excluding tert-OH is 1. The summed E-state index contributed by atoms with van der Waals surface area (Å²) < 4.78 is 0. The third-order valence-corrected chi connectivity index (χ3v) is 4.15. The Hall–Kier alpha value is -1.39. The van der Waals surface area contributed by atoms with E-state index >= 15 is 0 Å². The van der Waals surface area contributed by atoms with Gasteiger partial charge < -0.3 is 15.3 Å². The normalized spacial score (nSPS) is 18.0. The molecule has 0 saturated carbocycles. The highest BCUT2D eigenvalue weighted by molar-refractivity contribution is 5.97. The number of hydrogen-bond acceptors (Lipinski definition) is 3. The maximum atomic E-state index is 12.9. The van der Waals surface area contributed by atoms with E-state index < -0.39 is 0 Å². The Morgan fingerprint density at radius 2 is 2.00 bits per heavy atom. The van der Waals surface area contributed by atoms with Crippen molar-refractivity contribution < 1.29 is 9.90 Å². The van der Waals surface area contributed by atoms with Crippen LogP contribution in [0.3, 0.4) is 0 Å². The first-order chi connectivity index (χ1) is 10.0. The molecule has 116 valence electrons. The SMILES string of the molecule is Cc1cc(C)c(C(=O)N(CCO)CC2CCCN2)c(C)c1. The van der Waals surface area contributed by atoms with Crippen molar-refractivity contribution in [2.75, 3.05) is 26.2 Å². The number of nitrogens with one attached hydrogen (secondary N) is 1. The summed E-state index contributed by atoms with van der Waals surface area (Å²) in [5, 5.41) is 12.7. The molecule has 1 atom stereocenters. The number of hydrogen-bond donors (Lipinski definition) is 2. The molecule has 2 N–H and O–H groups in total. The third kappa shape index (κ3) is 3.83. The molecule has 1 aliphatic heterocycles. The first-order valence-electron chi connectivity index (χ1n) is 7.74. The van der Waals surface area contributed by atoms with Crippen molar-refractivity contribution in [1.82, 2.24) is 10.2 Å². The lowest BCUT2D eigenvalue weighted by Gasteiger charge is -2.26. The average molecular weight is 290 g/mol. The molecule has 4 nitrogen and oxygen atoms in total. The topological polar surface area (TPSA) is 52.6 Å². The average Bonchev–Trinajstić information content (AvgIpc) is 2.89. The van der Waals surface area contributed by atoms with Crippen LogP contribution in [-0.4, -0.2) is 48.2 Å². The van der Waals surface area contributed by atoms with Crippen molar-refractivity contribution in [2.24, 2.45) is 0 Å². The summed E-state index contributed by atoms with van der Waals surface area (Å²) in [5.74, 6) is 0.0350. The molecule has 4 heteroatoms. The molecule has 1 aromatic carbocycles. The van der Waals surface area contributed by atoms with Crippen LogP contribution in [0, 0.1) is 20.8 Å². The number of carbonyl (C=O) groups excluding carboxylic acids is 1. The van der Waals surface area contributed by atoms with Crippen LogP contribution in [0.25, 0.3) is 0 Å². The van der Waals surface area contributed by atoms with E-state index in [0.717, 1.165) is 36.1 Å². The molecule has 1 aliphatic rings. The van der Waals surface area contributed by atoms with Gasteiger partial charge in [-0.25, -0.2) is 0 Å². The zero-order chi connectivity index (χ0) is 15.4. The van der Waals surface area contributed by atoms with Gasteiger partial charge in [0.25, 0.3) is 5.91 Å². The van der Waals surface area contributed by atoms with Crippen LogP contribution >= 0.6 is 0 Å². The highest BCUT2D eigenvalue weighted by Gasteiger charge is 2.24. The van der Waals surface area contributed by atoms with Crippen LogP contribution in [-0.2, 0) is 0 Å². The predicted octanol–water partition coefficient (Wildman–Crippen LogP) is 1.80. The molecular formula is C17H26N2O2. The highest BCUT2D eigenvalue weighted by atomic mass is 16.3. The minimum absolute atomic E-state index is 0.00240. The molecule has 0 aromatic heterocycles. The number of amides is 1. The van der Waals surface area contributed by atoms with Crippen LogP contribution in [0.4, 0.5) is 0 Å².